The van der Waals surface area contributed by atoms with Gasteiger partial charge in [-0.1, -0.05) is 12.1 Å². The van der Waals surface area contributed by atoms with Crippen LogP contribution in [0.1, 0.15) is 29.5 Å². The molecule has 0 bridgehead atoms. The molecule has 14 heavy (non-hydrogen) atoms. The van der Waals surface area contributed by atoms with Crippen molar-refractivity contribution in [3.63, 3.8) is 0 Å². The minimum Gasteiger partial charge on any atom is -0.476 e. The second-order valence-corrected chi connectivity index (χ2v) is 2.95. The zero-order valence-corrected chi connectivity index (χ0v) is 8.10. The third-order valence-corrected chi connectivity index (χ3v) is 1.86. The molecule has 1 aromatic heterocycles. The highest BCUT2D eigenvalue weighted by Crippen LogP contribution is 2.06. The monoisotopic (exact) mass is 198 g/mol. The zero-order chi connectivity index (χ0) is 10.6. The first-order valence-corrected chi connectivity index (χ1v) is 4.56. The maximum absolute atomic E-state index is 10.8. The number of aryl methyl sites for hydroxylation is 1. The van der Waals surface area contributed by atoms with Crippen molar-refractivity contribution in [2.24, 2.45) is 5.73 Å². The van der Waals surface area contributed by atoms with Gasteiger partial charge in [-0.05, 0) is 13.0 Å². The fourth-order valence-corrected chi connectivity index (χ4v) is 1.27. The van der Waals surface area contributed by atoms with E-state index in [-0.39, 0.29) is 5.69 Å². The minimum atomic E-state index is -1.05. The minimum absolute atomic E-state index is 0.0175. The number of aromatic carboxylic acids is 1. The second-order valence-electron chi connectivity index (χ2n) is 2.95. The van der Waals surface area contributed by atoms with Crippen molar-refractivity contribution < 1.29 is 9.90 Å². The molecule has 3 N–H and O–H groups in total. The Kier molecular flexibility index (Phi) is 3.58. The molecule has 0 fully saturated rings. The molecule has 1 aromatic rings. The molecular weight excluding hydrogens is 184 g/mol. The Bertz CT molecular complexity index is 321. The maximum atomic E-state index is 10.8. The standard InChI is InChI=1S/C8H14N4O2/c1-2-5-12-6(3-4-9)7(8(13)14)10-11-12/h2-5,9H2,1H3,(H,13,14). The summed E-state index contributed by atoms with van der Waals surface area (Å²) < 4.78 is 1.61. The van der Waals surface area contributed by atoms with Gasteiger partial charge >= 0.3 is 5.97 Å². The van der Waals surface area contributed by atoms with Gasteiger partial charge in [0, 0.05) is 13.0 Å². The Morgan fingerprint density at radius 3 is 2.86 bits per heavy atom. The zero-order valence-electron chi connectivity index (χ0n) is 8.10. The maximum Gasteiger partial charge on any atom is 0.358 e. The lowest BCUT2D eigenvalue weighted by Gasteiger charge is -2.03. The quantitative estimate of drug-likeness (QED) is 0.688. The van der Waals surface area contributed by atoms with Crippen LogP contribution in [0.2, 0.25) is 0 Å². The number of nitrogens with zero attached hydrogens (tertiary/aromatic N) is 3. The molecule has 0 amide bonds. The predicted octanol–water partition coefficient (Wildman–Crippen LogP) is -0.113. The summed E-state index contributed by atoms with van der Waals surface area (Å²) in [7, 11) is 0. The summed E-state index contributed by atoms with van der Waals surface area (Å²) in [6, 6.07) is 0. The van der Waals surface area contributed by atoms with Gasteiger partial charge in [-0.15, -0.1) is 5.10 Å². The fourth-order valence-electron chi connectivity index (χ4n) is 1.27. The van der Waals surface area contributed by atoms with Gasteiger partial charge in [0.05, 0.1) is 5.69 Å². The third-order valence-electron chi connectivity index (χ3n) is 1.86. The summed E-state index contributed by atoms with van der Waals surface area (Å²) in [6.07, 6.45) is 1.38. The number of hydrogen-bond acceptors (Lipinski definition) is 4. The van der Waals surface area contributed by atoms with Crippen molar-refractivity contribution >= 4 is 5.97 Å². The largest absolute Gasteiger partial charge is 0.476 e. The van der Waals surface area contributed by atoms with E-state index in [1.165, 1.54) is 0 Å². The average Bonchev–Trinajstić information content (AvgIpc) is 2.50. The molecule has 0 aliphatic rings. The van der Waals surface area contributed by atoms with Crippen LogP contribution in [0.25, 0.3) is 0 Å². The highest BCUT2D eigenvalue weighted by Gasteiger charge is 2.17. The second kappa shape index (κ2) is 4.71. The molecule has 1 rings (SSSR count). The number of aromatic nitrogens is 3. The van der Waals surface area contributed by atoms with Crippen LogP contribution in [0.3, 0.4) is 0 Å². The van der Waals surface area contributed by atoms with Crippen LogP contribution in [0.15, 0.2) is 0 Å². The van der Waals surface area contributed by atoms with Crippen LogP contribution >= 0.6 is 0 Å². The molecule has 6 heteroatoms. The van der Waals surface area contributed by atoms with E-state index in [0.29, 0.717) is 25.2 Å². The molecule has 0 saturated carbocycles. The van der Waals surface area contributed by atoms with Crippen LogP contribution in [-0.4, -0.2) is 32.6 Å². The van der Waals surface area contributed by atoms with Gasteiger partial charge in [-0.3, -0.25) is 0 Å². The third kappa shape index (κ3) is 2.08. The fraction of sp³-hybridized carbons (Fsp3) is 0.625. The van der Waals surface area contributed by atoms with Crippen LogP contribution in [-0.2, 0) is 13.0 Å². The van der Waals surface area contributed by atoms with Gasteiger partial charge in [0.2, 0.25) is 0 Å². The molecule has 0 atom stereocenters. The average molecular weight is 198 g/mol. The molecule has 78 valence electrons. The highest BCUT2D eigenvalue weighted by atomic mass is 16.4. The lowest BCUT2D eigenvalue weighted by molar-refractivity contribution is 0.0689. The molecule has 0 radical (unpaired) electrons. The number of carboxylic acids is 1. The SMILES string of the molecule is CCCn1nnc(C(=O)O)c1CCN. The van der Waals surface area contributed by atoms with E-state index in [0.717, 1.165) is 6.42 Å². The van der Waals surface area contributed by atoms with Crippen molar-refractivity contribution in [3.8, 4) is 0 Å². The van der Waals surface area contributed by atoms with E-state index in [9.17, 15) is 4.79 Å². The number of nitrogens with two attached hydrogens (primary N) is 1. The van der Waals surface area contributed by atoms with Gasteiger partial charge in [-0.2, -0.15) is 0 Å². The van der Waals surface area contributed by atoms with E-state index in [2.05, 4.69) is 10.3 Å². The number of carboxylic acid groups (broad SMARTS) is 1. The van der Waals surface area contributed by atoms with Crippen LogP contribution < -0.4 is 5.73 Å². The Morgan fingerprint density at radius 2 is 2.36 bits per heavy atom. The van der Waals surface area contributed by atoms with E-state index < -0.39 is 5.97 Å². The molecule has 0 saturated heterocycles. The number of carbonyl (C=O) groups is 1. The lowest BCUT2D eigenvalue weighted by atomic mass is 10.2. The number of hydrogen-bond donors (Lipinski definition) is 2. The van der Waals surface area contributed by atoms with E-state index in [1.807, 2.05) is 6.92 Å². The van der Waals surface area contributed by atoms with Crippen LogP contribution in [0.5, 0.6) is 0 Å². The van der Waals surface area contributed by atoms with Gasteiger partial charge in [0.15, 0.2) is 5.69 Å². The number of rotatable bonds is 5. The van der Waals surface area contributed by atoms with Gasteiger partial charge < -0.3 is 10.8 Å². The summed E-state index contributed by atoms with van der Waals surface area (Å²) >= 11 is 0. The normalized spacial score (nSPS) is 10.4. The first-order valence-electron chi connectivity index (χ1n) is 4.56. The summed E-state index contributed by atoms with van der Waals surface area (Å²) in [5.74, 6) is -1.05. The molecule has 0 aromatic carbocycles. The predicted molar refractivity (Wildman–Crippen MR) is 50.0 cm³/mol. The van der Waals surface area contributed by atoms with Crippen molar-refractivity contribution in [2.45, 2.75) is 26.3 Å². The summed E-state index contributed by atoms with van der Waals surface area (Å²) in [6.45, 7) is 3.07. The first-order chi connectivity index (χ1) is 6.70. The Balaban J connectivity index is 3.00. The van der Waals surface area contributed by atoms with Gasteiger partial charge in [0.1, 0.15) is 0 Å². The summed E-state index contributed by atoms with van der Waals surface area (Å²) in [4.78, 5) is 10.8. The smallest absolute Gasteiger partial charge is 0.358 e. The van der Waals surface area contributed by atoms with Crippen molar-refractivity contribution in [1.82, 2.24) is 15.0 Å². The van der Waals surface area contributed by atoms with E-state index in [1.54, 1.807) is 4.68 Å². The molecule has 0 aliphatic carbocycles. The first kappa shape index (κ1) is 10.6. The Labute approximate surface area is 81.7 Å². The summed E-state index contributed by atoms with van der Waals surface area (Å²) in [5.41, 5.74) is 6.02. The summed E-state index contributed by atoms with van der Waals surface area (Å²) in [5, 5.41) is 16.2. The molecule has 0 aliphatic heterocycles. The van der Waals surface area contributed by atoms with Crippen molar-refractivity contribution in [1.29, 1.82) is 0 Å². The molecular formula is C8H14N4O2. The molecule has 1 heterocycles. The van der Waals surface area contributed by atoms with Crippen LogP contribution in [0.4, 0.5) is 0 Å². The van der Waals surface area contributed by atoms with Gasteiger partial charge in [0.25, 0.3) is 0 Å². The van der Waals surface area contributed by atoms with Crippen molar-refractivity contribution in [3.05, 3.63) is 11.4 Å². The molecule has 6 nitrogen and oxygen atoms in total. The van der Waals surface area contributed by atoms with Crippen LogP contribution in [0, 0.1) is 0 Å². The van der Waals surface area contributed by atoms with Gasteiger partial charge in [-0.25, -0.2) is 9.48 Å². The van der Waals surface area contributed by atoms with E-state index >= 15 is 0 Å². The Hall–Kier alpha value is -1.43. The molecule has 0 unspecified atom stereocenters. The van der Waals surface area contributed by atoms with E-state index in [4.69, 9.17) is 10.8 Å². The topological polar surface area (TPSA) is 94.0 Å². The van der Waals surface area contributed by atoms with Crippen molar-refractivity contribution in [2.75, 3.05) is 6.54 Å². The lowest BCUT2D eigenvalue weighted by Crippen LogP contribution is -2.13. The molecule has 0 spiro atoms. The Morgan fingerprint density at radius 1 is 1.64 bits per heavy atom. The highest BCUT2D eigenvalue weighted by molar-refractivity contribution is 5.86.